The SMILES string of the molecule is Cc1ccccc1C(=O)NCC(=O)N1CCCN1C(=O)C1(c2ccccc2)CC1. The van der Waals surface area contributed by atoms with Crippen molar-refractivity contribution in [1.82, 2.24) is 15.3 Å². The number of carbonyl (C=O) groups is 3. The van der Waals surface area contributed by atoms with Crippen LogP contribution in [0.25, 0.3) is 0 Å². The van der Waals surface area contributed by atoms with Crippen molar-refractivity contribution in [1.29, 1.82) is 0 Å². The molecule has 6 nitrogen and oxygen atoms in total. The Hall–Kier alpha value is -3.15. The van der Waals surface area contributed by atoms with Crippen molar-refractivity contribution < 1.29 is 14.4 Å². The molecule has 0 aromatic heterocycles. The lowest BCUT2D eigenvalue weighted by Gasteiger charge is -2.31. The molecule has 0 bridgehead atoms. The Morgan fingerprint density at radius 3 is 2.28 bits per heavy atom. The second-order valence-electron chi connectivity index (χ2n) is 7.74. The molecule has 1 saturated heterocycles. The molecule has 29 heavy (non-hydrogen) atoms. The van der Waals surface area contributed by atoms with Crippen LogP contribution in [0, 0.1) is 6.92 Å². The van der Waals surface area contributed by atoms with Crippen LogP contribution in [-0.2, 0) is 15.0 Å². The maximum atomic E-state index is 13.3. The summed E-state index contributed by atoms with van der Waals surface area (Å²) in [6.07, 6.45) is 2.35. The van der Waals surface area contributed by atoms with Gasteiger partial charge in [0.05, 0.1) is 12.0 Å². The Labute approximate surface area is 170 Å². The van der Waals surface area contributed by atoms with Crippen LogP contribution in [-0.4, -0.2) is 47.4 Å². The summed E-state index contributed by atoms with van der Waals surface area (Å²) in [6, 6.07) is 17.0. The molecule has 3 amide bonds. The first kappa shape index (κ1) is 19.2. The Morgan fingerprint density at radius 1 is 0.931 bits per heavy atom. The molecule has 6 heteroatoms. The van der Waals surface area contributed by atoms with Gasteiger partial charge in [-0.05, 0) is 43.4 Å². The molecule has 2 aromatic carbocycles. The number of nitrogens with zero attached hydrogens (tertiary/aromatic N) is 2. The van der Waals surface area contributed by atoms with Gasteiger partial charge in [0.1, 0.15) is 0 Å². The van der Waals surface area contributed by atoms with E-state index in [4.69, 9.17) is 0 Å². The maximum absolute atomic E-state index is 13.3. The van der Waals surface area contributed by atoms with Gasteiger partial charge in [-0.15, -0.1) is 0 Å². The summed E-state index contributed by atoms with van der Waals surface area (Å²) < 4.78 is 0. The van der Waals surface area contributed by atoms with Gasteiger partial charge in [-0.25, -0.2) is 5.01 Å². The Kier molecular flexibility index (Phi) is 5.09. The number of nitrogens with one attached hydrogen (secondary N) is 1. The molecule has 0 unspecified atom stereocenters. The van der Waals surface area contributed by atoms with Crippen molar-refractivity contribution in [3.8, 4) is 0 Å². The van der Waals surface area contributed by atoms with E-state index >= 15 is 0 Å². The van der Waals surface area contributed by atoms with Crippen LogP contribution in [0.5, 0.6) is 0 Å². The van der Waals surface area contributed by atoms with Crippen LogP contribution >= 0.6 is 0 Å². The van der Waals surface area contributed by atoms with Crippen LogP contribution in [0.1, 0.15) is 40.7 Å². The molecule has 1 heterocycles. The van der Waals surface area contributed by atoms with Crippen molar-refractivity contribution in [2.75, 3.05) is 19.6 Å². The van der Waals surface area contributed by atoms with Crippen molar-refractivity contribution in [2.45, 2.75) is 31.6 Å². The van der Waals surface area contributed by atoms with Gasteiger partial charge in [-0.2, -0.15) is 0 Å². The van der Waals surface area contributed by atoms with Gasteiger partial charge in [0.25, 0.3) is 17.7 Å². The van der Waals surface area contributed by atoms with Crippen LogP contribution in [0.3, 0.4) is 0 Å². The highest BCUT2D eigenvalue weighted by atomic mass is 16.2. The number of hydrazine groups is 1. The summed E-state index contributed by atoms with van der Waals surface area (Å²) in [4.78, 5) is 38.5. The second kappa shape index (κ2) is 7.70. The summed E-state index contributed by atoms with van der Waals surface area (Å²) in [5, 5.41) is 5.78. The highest BCUT2D eigenvalue weighted by Gasteiger charge is 2.54. The van der Waals surface area contributed by atoms with E-state index in [0.29, 0.717) is 18.7 Å². The molecule has 1 N–H and O–H groups in total. The van der Waals surface area contributed by atoms with Crippen molar-refractivity contribution in [3.05, 3.63) is 71.3 Å². The van der Waals surface area contributed by atoms with Gasteiger partial charge in [-0.3, -0.25) is 19.4 Å². The molecule has 2 aromatic rings. The zero-order chi connectivity index (χ0) is 20.4. The summed E-state index contributed by atoms with van der Waals surface area (Å²) in [6.45, 7) is 2.76. The Bertz CT molecular complexity index is 937. The normalized spacial score (nSPS) is 17.1. The van der Waals surface area contributed by atoms with E-state index in [0.717, 1.165) is 30.4 Å². The van der Waals surface area contributed by atoms with E-state index in [2.05, 4.69) is 5.32 Å². The summed E-state index contributed by atoms with van der Waals surface area (Å²) in [5.41, 5.74) is 1.91. The van der Waals surface area contributed by atoms with E-state index < -0.39 is 5.41 Å². The second-order valence-corrected chi connectivity index (χ2v) is 7.74. The molecule has 1 aliphatic carbocycles. The predicted octanol–water partition coefficient (Wildman–Crippen LogP) is 2.43. The minimum atomic E-state index is -0.505. The highest BCUT2D eigenvalue weighted by Crippen LogP contribution is 2.50. The van der Waals surface area contributed by atoms with Gasteiger partial charge in [-0.1, -0.05) is 48.5 Å². The summed E-state index contributed by atoms with van der Waals surface area (Å²) >= 11 is 0. The quantitative estimate of drug-likeness (QED) is 0.851. The zero-order valence-electron chi connectivity index (χ0n) is 16.6. The third-order valence-corrected chi connectivity index (χ3v) is 5.83. The number of benzene rings is 2. The van der Waals surface area contributed by atoms with Gasteiger partial charge in [0.2, 0.25) is 0 Å². The predicted molar refractivity (Wildman–Crippen MR) is 109 cm³/mol. The van der Waals surface area contributed by atoms with Crippen LogP contribution in [0.4, 0.5) is 0 Å². The third-order valence-electron chi connectivity index (χ3n) is 5.83. The fraction of sp³-hybridized carbons (Fsp3) is 0.348. The fourth-order valence-electron chi connectivity index (χ4n) is 4.01. The minimum Gasteiger partial charge on any atom is -0.343 e. The summed E-state index contributed by atoms with van der Waals surface area (Å²) in [5.74, 6) is -0.558. The van der Waals surface area contributed by atoms with Crippen LogP contribution in [0.15, 0.2) is 54.6 Å². The lowest BCUT2D eigenvalue weighted by atomic mass is 9.95. The lowest BCUT2D eigenvalue weighted by Crippen LogP contribution is -2.51. The molecule has 2 aliphatic rings. The number of amides is 3. The van der Waals surface area contributed by atoms with Gasteiger partial charge in [0.15, 0.2) is 0 Å². The topological polar surface area (TPSA) is 69.7 Å². The molecule has 4 rings (SSSR count). The molecule has 150 valence electrons. The standard InChI is InChI=1S/C23H25N3O3/c1-17-8-5-6-11-19(17)21(28)24-16-20(27)25-14-7-15-26(25)22(29)23(12-13-23)18-9-3-2-4-10-18/h2-6,8-11H,7,12-16H2,1H3,(H,24,28). The fourth-order valence-corrected chi connectivity index (χ4v) is 4.01. The van der Waals surface area contributed by atoms with Crippen molar-refractivity contribution >= 4 is 17.7 Å². The first-order chi connectivity index (χ1) is 14.0. The maximum Gasteiger partial charge on any atom is 0.260 e. The monoisotopic (exact) mass is 391 g/mol. The smallest absolute Gasteiger partial charge is 0.260 e. The number of carbonyl (C=O) groups excluding carboxylic acids is 3. The van der Waals surface area contributed by atoms with Crippen LogP contribution < -0.4 is 5.32 Å². The lowest BCUT2D eigenvalue weighted by molar-refractivity contribution is -0.158. The van der Waals surface area contributed by atoms with E-state index in [-0.39, 0.29) is 24.3 Å². The third kappa shape index (κ3) is 3.62. The Balaban J connectivity index is 1.42. The zero-order valence-corrected chi connectivity index (χ0v) is 16.6. The molecule has 2 fully saturated rings. The minimum absolute atomic E-state index is 0.0141. The summed E-state index contributed by atoms with van der Waals surface area (Å²) in [7, 11) is 0. The molecular weight excluding hydrogens is 366 g/mol. The largest absolute Gasteiger partial charge is 0.343 e. The van der Waals surface area contributed by atoms with Crippen LogP contribution in [0.2, 0.25) is 0 Å². The molecular formula is C23H25N3O3. The van der Waals surface area contributed by atoms with Gasteiger partial charge in [0, 0.05) is 18.7 Å². The average molecular weight is 391 g/mol. The van der Waals surface area contributed by atoms with E-state index in [1.54, 1.807) is 17.1 Å². The molecule has 0 radical (unpaired) electrons. The van der Waals surface area contributed by atoms with E-state index in [1.807, 2.05) is 49.4 Å². The number of rotatable bonds is 5. The van der Waals surface area contributed by atoms with Gasteiger partial charge >= 0.3 is 0 Å². The number of hydrogen-bond acceptors (Lipinski definition) is 3. The van der Waals surface area contributed by atoms with E-state index in [9.17, 15) is 14.4 Å². The Morgan fingerprint density at radius 2 is 1.59 bits per heavy atom. The van der Waals surface area contributed by atoms with Crippen molar-refractivity contribution in [2.24, 2.45) is 0 Å². The highest BCUT2D eigenvalue weighted by molar-refractivity contribution is 5.98. The van der Waals surface area contributed by atoms with E-state index in [1.165, 1.54) is 5.01 Å². The first-order valence-electron chi connectivity index (χ1n) is 10.0. The molecule has 1 saturated carbocycles. The number of hydrogen-bond donors (Lipinski definition) is 1. The molecule has 0 atom stereocenters. The first-order valence-corrected chi connectivity index (χ1v) is 10.0. The average Bonchev–Trinajstić information content (AvgIpc) is 3.42. The molecule has 1 aliphatic heterocycles. The number of aryl methyl sites for hydroxylation is 1. The van der Waals surface area contributed by atoms with Crippen molar-refractivity contribution in [3.63, 3.8) is 0 Å². The molecule has 0 spiro atoms. The van der Waals surface area contributed by atoms with Gasteiger partial charge < -0.3 is 5.32 Å².